The SMILES string of the molecule is N[C@@H]1C[C@H]1CCF. The van der Waals surface area contributed by atoms with Crippen molar-refractivity contribution in [2.24, 2.45) is 11.7 Å². The molecule has 0 unspecified atom stereocenters. The van der Waals surface area contributed by atoms with Gasteiger partial charge in [-0.1, -0.05) is 0 Å². The van der Waals surface area contributed by atoms with E-state index in [4.69, 9.17) is 5.73 Å². The second kappa shape index (κ2) is 1.78. The van der Waals surface area contributed by atoms with Crippen molar-refractivity contribution in [3.8, 4) is 0 Å². The normalized spacial score (nSPS) is 38.6. The largest absolute Gasteiger partial charge is 0.327 e. The van der Waals surface area contributed by atoms with Gasteiger partial charge in [-0.25, -0.2) is 0 Å². The van der Waals surface area contributed by atoms with Crippen molar-refractivity contribution in [2.75, 3.05) is 6.67 Å². The molecule has 1 fully saturated rings. The maximum absolute atomic E-state index is 11.4. The van der Waals surface area contributed by atoms with Crippen LogP contribution in [0.15, 0.2) is 0 Å². The Morgan fingerprint density at radius 3 is 2.43 bits per heavy atom. The van der Waals surface area contributed by atoms with Crippen molar-refractivity contribution in [3.05, 3.63) is 0 Å². The van der Waals surface area contributed by atoms with E-state index in [-0.39, 0.29) is 6.67 Å². The van der Waals surface area contributed by atoms with Gasteiger partial charge in [0.15, 0.2) is 0 Å². The number of hydrogen-bond acceptors (Lipinski definition) is 1. The van der Waals surface area contributed by atoms with E-state index < -0.39 is 0 Å². The van der Waals surface area contributed by atoms with Crippen LogP contribution in [-0.4, -0.2) is 12.7 Å². The van der Waals surface area contributed by atoms with Crippen LogP contribution in [0, 0.1) is 5.92 Å². The van der Waals surface area contributed by atoms with Crippen LogP contribution in [-0.2, 0) is 0 Å². The van der Waals surface area contributed by atoms with Crippen molar-refractivity contribution >= 4 is 0 Å². The third kappa shape index (κ3) is 1.13. The van der Waals surface area contributed by atoms with Crippen LogP contribution in [0.3, 0.4) is 0 Å². The second-order valence-electron chi connectivity index (χ2n) is 2.14. The van der Waals surface area contributed by atoms with Crippen molar-refractivity contribution in [3.63, 3.8) is 0 Å². The summed E-state index contributed by atoms with van der Waals surface area (Å²) in [5, 5.41) is 0. The Bertz CT molecular complexity index is 65.1. The number of halogens is 1. The van der Waals surface area contributed by atoms with Crippen LogP contribution < -0.4 is 5.73 Å². The molecule has 2 N–H and O–H groups in total. The molecule has 0 aliphatic heterocycles. The van der Waals surface area contributed by atoms with Gasteiger partial charge in [0.05, 0.1) is 6.67 Å². The van der Waals surface area contributed by atoms with E-state index in [1.165, 1.54) is 0 Å². The fourth-order valence-corrected chi connectivity index (χ4v) is 0.743. The van der Waals surface area contributed by atoms with Crippen LogP contribution >= 0.6 is 0 Å². The van der Waals surface area contributed by atoms with Crippen LogP contribution in [0.2, 0.25) is 0 Å². The lowest BCUT2D eigenvalue weighted by Crippen LogP contribution is -2.01. The van der Waals surface area contributed by atoms with Crippen molar-refractivity contribution < 1.29 is 4.39 Å². The van der Waals surface area contributed by atoms with Gasteiger partial charge in [0, 0.05) is 6.04 Å². The lowest BCUT2D eigenvalue weighted by atomic mass is 10.3. The summed E-state index contributed by atoms with van der Waals surface area (Å²) in [4.78, 5) is 0. The Labute approximate surface area is 42.7 Å². The van der Waals surface area contributed by atoms with E-state index in [0.717, 1.165) is 6.42 Å². The molecule has 0 aromatic carbocycles. The van der Waals surface area contributed by atoms with Crippen LogP contribution in [0.25, 0.3) is 0 Å². The van der Waals surface area contributed by atoms with Gasteiger partial charge in [-0.15, -0.1) is 0 Å². The lowest BCUT2D eigenvalue weighted by molar-refractivity contribution is 0.450. The molecule has 1 saturated carbocycles. The molecule has 0 bridgehead atoms. The summed E-state index contributed by atoms with van der Waals surface area (Å²) in [7, 11) is 0. The summed E-state index contributed by atoms with van der Waals surface area (Å²) in [6.45, 7) is -0.196. The first-order chi connectivity index (χ1) is 3.34. The van der Waals surface area contributed by atoms with Crippen LogP contribution in [0.1, 0.15) is 12.8 Å². The topological polar surface area (TPSA) is 26.0 Å². The molecule has 0 amide bonds. The molecule has 1 rings (SSSR count). The van der Waals surface area contributed by atoms with E-state index in [2.05, 4.69) is 0 Å². The fourth-order valence-electron chi connectivity index (χ4n) is 0.743. The van der Waals surface area contributed by atoms with E-state index in [1.807, 2.05) is 0 Å². The van der Waals surface area contributed by atoms with Gasteiger partial charge in [-0.3, -0.25) is 4.39 Å². The van der Waals surface area contributed by atoms with E-state index in [1.54, 1.807) is 0 Å². The molecule has 0 aromatic heterocycles. The van der Waals surface area contributed by atoms with Gasteiger partial charge in [-0.05, 0) is 18.8 Å². The predicted octanol–water partition coefficient (Wildman–Crippen LogP) is 0.693. The Morgan fingerprint density at radius 2 is 2.29 bits per heavy atom. The summed E-state index contributed by atoms with van der Waals surface area (Å²) in [6, 6.07) is 0.329. The minimum Gasteiger partial charge on any atom is -0.327 e. The number of rotatable bonds is 2. The fraction of sp³-hybridized carbons (Fsp3) is 1.00. The van der Waals surface area contributed by atoms with Gasteiger partial charge in [0.2, 0.25) is 0 Å². The summed E-state index contributed by atoms with van der Waals surface area (Å²) in [5.41, 5.74) is 5.39. The van der Waals surface area contributed by atoms with Gasteiger partial charge >= 0.3 is 0 Å². The molecule has 1 aliphatic carbocycles. The first kappa shape index (κ1) is 5.04. The average molecular weight is 103 g/mol. The highest BCUT2D eigenvalue weighted by molar-refractivity contribution is 4.89. The smallest absolute Gasteiger partial charge is 0.0897 e. The molecule has 0 aromatic rings. The molecule has 2 atom stereocenters. The minimum absolute atomic E-state index is 0.196. The van der Waals surface area contributed by atoms with Crippen LogP contribution in [0.5, 0.6) is 0 Å². The first-order valence-electron chi connectivity index (χ1n) is 2.66. The molecule has 0 heterocycles. The Balaban J connectivity index is 1.98. The molecule has 2 heteroatoms. The monoisotopic (exact) mass is 103 g/mol. The zero-order chi connectivity index (χ0) is 5.28. The zero-order valence-electron chi connectivity index (χ0n) is 4.23. The summed E-state index contributed by atoms with van der Waals surface area (Å²) in [5.74, 6) is 0.519. The average Bonchev–Trinajstić information content (AvgIpc) is 2.22. The standard InChI is InChI=1S/C5H10FN/c6-2-1-4-3-5(4)7/h4-5H,1-3,7H2/t4-,5-/m1/s1. The third-order valence-corrected chi connectivity index (χ3v) is 1.46. The Kier molecular flexibility index (Phi) is 1.28. The van der Waals surface area contributed by atoms with Gasteiger partial charge in [-0.2, -0.15) is 0 Å². The summed E-state index contributed by atoms with van der Waals surface area (Å²) < 4.78 is 11.4. The maximum Gasteiger partial charge on any atom is 0.0897 e. The van der Waals surface area contributed by atoms with E-state index >= 15 is 0 Å². The molecule has 1 nitrogen and oxygen atoms in total. The molecule has 7 heavy (non-hydrogen) atoms. The summed E-state index contributed by atoms with van der Waals surface area (Å²) >= 11 is 0. The van der Waals surface area contributed by atoms with Gasteiger partial charge < -0.3 is 5.73 Å². The lowest BCUT2D eigenvalue weighted by Gasteiger charge is -1.84. The molecular weight excluding hydrogens is 93.1 g/mol. The third-order valence-electron chi connectivity index (χ3n) is 1.46. The van der Waals surface area contributed by atoms with Gasteiger partial charge in [0.25, 0.3) is 0 Å². The highest BCUT2D eigenvalue weighted by Crippen LogP contribution is 2.30. The van der Waals surface area contributed by atoms with Crippen LogP contribution in [0.4, 0.5) is 4.39 Å². The highest BCUT2D eigenvalue weighted by atomic mass is 19.1. The van der Waals surface area contributed by atoms with Crippen molar-refractivity contribution in [1.29, 1.82) is 0 Å². The molecular formula is C5H10FN. The molecule has 1 aliphatic rings. The zero-order valence-corrected chi connectivity index (χ0v) is 4.23. The van der Waals surface area contributed by atoms with Crippen molar-refractivity contribution in [2.45, 2.75) is 18.9 Å². The number of hydrogen-bond donors (Lipinski definition) is 1. The number of nitrogens with two attached hydrogens (primary N) is 1. The second-order valence-corrected chi connectivity index (χ2v) is 2.14. The van der Waals surface area contributed by atoms with Gasteiger partial charge in [0.1, 0.15) is 0 Å². The Morgan fingerprint density at radius 1 is 1.71 bits per heavy atom. The van der Waals surface area contributed by atoms with E-state index in [9.17, 15) is 4.39 Å². The molecule has 42 valence electrons. The highest BCUT2D eigenvalue weighted by Gasteiger charge is 2.32. The minimum atomic E-state index is -0.196. The molecule has 0 spiro atoms. The maximum atomic E-state index is 11.4. The molecule has 0 radical (unpaired) electrons. The number of alkyl halides is 1. The predicted molar refractivity (Wildman–Crippen MR) is 26.7 cm³/mol. The quantitative estimate of drug-likeness (QED) is 0.546. The van der Waals surface area contributed by atoms with Crippen molar-refractivity contribution in [1.82, 2.24) is 0 Å². The van der Waals surface area contributed by atoms with E-state index in [0.29, 0.717) is 18.4 Å². The summed E-state index contributed by atoms with van der Waals surface area (Å²) in [6.07, 6.45) is 1.73. The molecule has 0 saturated heterocycles. The first-order valence-corrected chi connectivity index (χ1v) is 2.66. The Hall–Kier alpha value is -0.110.